The van der Waals surface area contributed by atoms with Crippen molar-refractivity contribution >= 4 is 11.9 Å². The van der Waals surface area contributed by atoms with Crippen molar-refractivity contribution in [3.63, 3.8) is 0 Å². The monoisotopic (exact) mass is 387 g/mol. The van der Waals surface area contributed by atoms with Crippen LogP contribution in [0.15, 0.2) is 48.5 Å². The van der Waals surface area contributed by atoms with Crippen LogP contribution in [0.5, 0.6) is 17.2 Å². The number of para-hydroxylation sites is 2. The fourth-order valence-corrected chi connectivity index (χ4v) is 2.46. The summed E-state index contributed by atoms with van der Waals surface area (Å²) in [6.45, 7) is 1.26. The lowest BCUT2D eigenvalue weighted by atomic mass is 10.1. The second kappa shape index (κ2) is 11.5. The third-order valence-corrected chi connectivity index (χ3v) is 3.90. The lowest BCUT2D eigenvalue weighted by Gasteiger charge is -2.11. The number of aliphatic carboxylic acids is 1. The molecule has 0 aliphatic heterocycles. The molecular weight excluding hydrogens is 362 g/mol. The third-order valence-electron chi connectivity index (χ3n) is 3.90. The fourth-order valence-electron chi connectivity index (χ4n) is 2.46. The molecule has 0 saturated heterocycles. The minimum atomic E-state index is -0.973. The summed E-state index contributed by atoms with van der Waals surface area (Å²) in [5.41, 5.74) is 1.05. The predicted octanol–water partition coefficient (Wildman–Crippen LogP) is 2.68. The van der Waals surface area contributed by atoms with Gasteiger partial charge in [0.15, 0.2) is 11.5 Å². The summed E-state index contributed by atoms with van der Waals surface area (Å²) >= 11 is 0. The average molecular weight is 387 g/mol. The molecule has 2 rings (SSSR count). The van der Waals surface area contributed by atoms with Gasteiger partial charge in [-0.05, 0) is 36.2 Å². The van der Waals surface area contributed by atoms with E-state index in [1.165, 1.54) is 0 Å². The molecule has 0 aromatic heterocycles. The van der Waals surface area contributed by atoms with E-state index in [1.54, 1.807) is 7.11 Å². The number of methoxy groups -OCH3 is 1. The van der Waals surface area contributed by atoms with E-state index in [2.05, 4.69) is 5.32 Å². The molecule has 0 unspecified atom stereocenters. The van der Waals surface area contributed by atoms with Gasteiger partial charge in [-0.3, -0.25) is 9.59 Å². The fraction of sp³-hybridized carbons (Fsp3) is 0.333. The molecule has 1 amide bonds. The average Bonchev–Trinajstić information content (AvgIpc) is 2.71. The first-order chi connectivity index (χ1) is 13.6. The van der Waals surface area contributed by atoms with Crippen LogP contribution in [0, 0.1) is 0 Å². The van der Waals surface area contributed by atoms with Crippen LogP contribution in [0.4, 0.5) is 0 Å². The summed E-state index contributed by atoms with van der Waals surface area (Å²) in [7, 11) is 1.60. The number of hydrogen-bond donors (Lipinski definition) is 2. The van der Waals surface area contributed by atoms with Gasteiger partial charge in [-0.1, -0.05) is 24.3 Å². The highest BCUT2D eigenvalue weighted by Crippen LogP contribution is 2.25. The Kier molecular flexibility index (Phi) is 8.65. The topological polar surface area (TPSA) is 94.1 Å². The summed E-state index contributed by atoms with van der Waals surface area (Å²) in [4.78, 5) is 21.9. The molecule has 2 N–H and O–H groups in total. The highest BCUT2D eigenvalue weighted by atomic mass is 16.5. The first-order valence-corrected chi connectivity index (χ1v) is 9.04. The molecular formula is C21H25NO6. The Labute approximate surface area is 164 Å². The van der Waals surface area contributed by atoms with Crippen LogP contribution in [-0.2, 0) is 16.0 Å². The van der Waals surface area contributed by atoms with E-state index < -0.39 is 5.97 Å². The Morgan fingerprint density at radius 3 is 2.29 bits per heavy atom. The molecule has 2 aromatic carbocycles. The van der Waals surface area contributed by atoms with E-state index in [0.29, 0.717) is 37.7 Å². The maximum absolute atomic E-state index is 11.5. The maximum atomic E-state index is 11.5. The minimum Gasteiger partial charge on any atom is -0.493 e. The Morgan fingerprint density at radius 1 is 0.929 bits per heavy atom. The molecule has 0 aliphatic rings. The number of carbonyl (C=O) groups excluding carboxylic acids is 1. The molecule has 0 radical (unpaired) electrons. The van der Waals surface area contributed by atoms with Gasteiger partial charge < -0.3 is 24.6 Å². The van der Waals surface area contributed by atoms with Crippen molar-refractivity contribution in [2.75, 3.05) is 26.9 Å². The highest BCUT2D eigenvalue weighted by Gasteiger charge is 2.05. The first-order valence-electron chi connectivity index (χ1n) is 9.04. The van der Waals surface area contributed by atoms with Crippen molar-refractivity contribution in [2.45, 2.75) is 19.3 Å². The summed E-state index contributed by atoms with van der Waals surface area (Å²) in [5, 5.41) is 11.3. The van der Waals surface area contributed by atoms with Crippen LogP contribution in [0.2, 0.25) is 0 Å². The summed E-state index contributed by atoms with van der Waals surface area (Å²) in [6.07, 6.45) is 0.508. The molecule has 0 atom stereocenters. The van der Waals surface area contributed by atoms with E-state index in [1.807, 2.05) is 48.5 Å². The molecule has 0 bridgehead atoms. The molecule has 0 saturated carbocycles. The largest absolute Gasteiger partial charge is 0.493 e. The van der Waals surface area contributed by atoms with E-state index in [4.69, 9.17) is 19.3 Å². The van der Waals surface area contributed by atoms with Crippen LogP contribution >= 0.6 is 0 Å². The molecule has 28 heavy (non-hydrogen) atoms. The smallest absolute Gasteiger partial charge is 0.303 e. The van der Waals surface area contributed by atoms with Crippen LogP contribution in [0.1, 0.15) is 18.4 Å². The third kappa shape index (κ3) is 7.57. The number of benzene rings is 2. The van der Waals surface area contributed by atoms with Crippen molar-refractivity contribution < 1.29 is 28.9 Å². The predicted molar refractivity (Wildman–Crippen MR) is 104 cm³/mol. The summed E-state index contributed by atoms with van der Waals surface area (Å²) in [6, 6.07) is 15.0. The first kappa shape index (κ1) is 21.1. The second-order valence-electron chi connectivity index (χ2n) is 5.99. The van der Waals surface area contributed by atoms with E-state index in [-0.39, 0.29) is 18.7 Å². The number of ether oxygens (including phenoxy) is 3. The van der Waals surface area contributed by atoms with Gasteiger partial charge in [0.05, 0.1) is 13.5 Å². The zero-order valence-corrected chi connectivity index (χ0v) is 15.8. The van der Waals surface area contributed by atoms with E-state index >= 15 is 0 Å². The molecule has 0 fully saturated rings. The Bertz CT molecular complexity index is 760. The Morgan fingerprint density at radius 2 is 1.61 bits per heavy atom. The SMILES string of the molecule is COc1ccccc1OCCOc1ccc(CCNC(=O)CCC(=O)O)cc1. The van der Waals surface area contributed by atoms with Crippen molar-refractivity contribution in [3.05, 3.63) is 54.1 Å². The lowest BCUT2D eigenvalue weighted by Crippen LogP contribution is -2.25. The number of amides is 1. The van der Waals surface area contributed by atoms with Crippen LogP contribution in [-0.4, -0.2) is 43.9 Å². The zero-order valence-electron chi connectivity index (χ0n) is 15.8. The summed E-state index contributed by atoms with van der Waals surface area (Å²) < 4.78 is 16.5. The highest BCUT2D eigenvalue weighted by molar-refractivity contribution is 5.80. The number of rotatable bonds is 12. The second-order valence-corrected chi connectivity index (χ2v) is 5.99. The van der Waals surface area contributed by atoms with E-state index in [9.17, 15) is 9.59 Å². The van der Waals surface area contributed by atoms with Crippen molar-refractivity contribution in [1.82, 2.24) is 5.32 Å². The van der Waals surface area contributed by atoms with Gasteiger partial charge in [0.1, 0.15) is 19.0 Å². The number of carboxylic acid groups (broad SMARTS) is 1. The number of carbonyl (C=O) groups is 2. The lowest BCUT2D eigenvalue weighted by molar-refractivity contribution is -0.138. The van der Waals surface area contributed by atoms with Crippen LogP contribution in [0.25, 0.3) is 0 Å². The molecule has 7 heteroatoms. The summed E-state index contributed by atoms with van der Waals surface area (Å²) in [5.74, 6) is 0.866. The number of hydrogen-bond acceptors (Lipinski definition) is 5. The molecule has 0 aliphatic carbocycles. The normalized spacial score (nSPS) is 10.2. The zero-order chi connectivity index (χ0) is 20.2. The Hall–Kier alpha value is -3.22. The molecule has 0 heterocycles. The quantitative estimate of drug-likeness (QED) is 0.544. The number of carboxylic acids is 1. The van der Waals surface area contributed by atoms with Gasteiger partial charge >= 0.3 is 5.97 Å². The molecule has 150 valence electrons. The van der Waals surface area contributed by atoms with Crippen LogP contribution in [0.3, 0.4) is 0 Å². The molecule has 2 aromatic rings. The Balaban J connectivity index is 1.65. The van der Waals surface area contributed by atoms with Gasteiger partial charge in [0.25, 0.3) is 0 Å². The van der Waals surface area contributed by atoms with E-state index in [0.717, 1.165) is 11.3 Å². The molecule has 0 spiro atoms. The number of nitrogens with one attached hydrogen (secondary N) is 1. The van der Waals surface area contributed by atoms with Gasteiger partial charge in [0, 0.05) is 13.0 Å². The minimum absolute atomic E-state index is 0.000954. The van der Waals surface area contributed by atoms with Crippen molar-refractivity contribution in [2.24, 2.45) is 0 Å². The van der Waals surface area contributed by atoms with Gasteiger partial charge in [-0.2, -0.15) is 0 Å². The maximum Gasteiger partial charge on any atom is 0.303 e. The van der Waals surface area contributed by atoms with Gasteiger partial charge in [-0.25, -0.2) is 0 Å². The molecule has 7 nitrogen and oxygen atoms in total. The van der Waals surface area contributed by atoms with Crippen molar-refractivity contribution in [3.8, 4) is 17.2 Å². The standard InChI is InChI=1S/C21H25NO6/c1-26-18-4-2-3-5-19(18)28-15-14-27-17-8-6-16(7-9-17)12-13-22-20(23)10-11-21(24)25/h2-9H,10-15H2,1H3,(H,22,23)(H,24,25). The van der Waals surface area contributed by atoms with Crippen molar-refractivity contribution in [1.29, 1.82) is 0 Å². The van der Waals surface area contributed by atoms with Gasteiger partial charge in [0.2, 0.25) is 5.91 Å². The van der Waals surface area contributed by atoms with Crippen LogP contribution < -0.4 is 19.5 Å². The van der Waals surface area contributed by atoms with Gasteiger partial charge in [-0.15, -0.1) is 0 Å².